The molecule has 11 rings (SSSR count). The van der Waals surface area contributed by atoms with E-state index in [9.17, 15) is 0 Å². The van der Waals surface area contributed by atoms with Gasteiger partial charge in [-0.05, 0) is 102 Å². The van der Waals surface area contributed by atoms with Gasteiger partial charge in [-0.25, -0.2) is 5.84 Å². The van der Waals surface area contributed by atoms with Gasteiger partial charge in [-0.15, -0.1) is 0 Å². The highest BCUT2D eigenvalue weighted by Crippen LogP contribution is 2.63. The Hall–Kier alpha value is -6.48. The Labute approximate surface area is 304 Å². The lowest BCUT2D eigenvalue weighted by molar-refractivity contribution is 0.768. The van der Waals surface area contributed by atoms with Gasteiger partial charge in [0.2, 0.25) is 0 Å². The number of anilines is 2. The predicted molar refractivity (Wildman–Crippen MR) is 213 cm³/mol. The number of nitrogens with two attached hydrogens (primary N) is 1. The second kappa shape index (κ2) is 10.8. The molecule has 0 amide bonds. The number of hydrazine groups is 1. The monoisotopic (exact) mass is 662 g/mol. The van der Waals surface area contributed by atoms with E-state index in [1.165, 1.54) is 77.9 Å². The summed E-state index contributed by atoms with van der Waals surface area (Å²) in [6.07, 6.45) is 0. The lowest BCUT2D eigenvalue weighted by atomic mass is 9.67. The molecule has 0 saturated carbocycles. The molecule has 2 nitrogen and oxygen atoms in total. The highest BCUT2D eigenvalue weighted by molar-refractivity contribution is 5.96. The Bertz CT molecular complexity index is 2500. The fourth-order valence-corrected chi connectivity index (χ4v) is 9.96. The van der Waals surface area contributed by atoms with Gasteiger partial charge in [0.25, 0.3) is 0 Å². The third-order valence-electron chi connectivity index (χ3n) is 12.0. The SMILES string of the molecule is NN(c1ccc2c(c1)C(c1ccccc1)(c1ccccc1)c1ccccc1-2)c1ccc2c(c1)C1(c3ccccc3-c3ccccc31)c1ccccc1-2. The van der Waals surface area contributed by atoms with Crippen LogP contribution in [-0.4, -0.2) is 0 Å². The Kier molecular flexibility index (Phi) is 6.06. The molecule has 0 atom stereocenters. The summed E-state index contributed by atoms with van der Waals surface area (Å²) in [6, 6.07) is 71.1. The summed E-state index contributed by atoms with van der Waals surface area (Å²) in [4.78, 5) is 0. The second-order valence-corrected chi connectivity index (χ2v) is 14.2. The molecule has 8 aromatic rings. The first kappa shape index (κ1) is 29.3. The van der Waals surface area contributed by atoms with Crippen LogP contribution in [0, 0.1) is 0 Å². The van der Waals surface area contributed by atoms with Crippen LogP contribution in [0.4, 0.5) is 11.4 Å². The Morgan fingerprint density at radius 2 is 0.596 bits per heavy atom. The molecule has 2 heteroatoms. The molecule has 0 radical (unpaired) electrons. The molecule has 0 bridgehead atoms. The third kappa shape index (κ3) is 3.62. The lowest BCUT2D eigenvalue weighted by Gasteiger charge is -2.34. The molecule has 0 unspecified atom stereocenters. The topological polar surface area (TPSA) is 29.3 Å². The molecule has 0 aliphatic heterocycles. The fraction of sp³-hybridized carbons (Fsp3) is 0.0400. The minimum atomic E-state index is -0.494. The zero-order valence-corrected chi connectivity index (χ0v) is 28.5. The molecule has 0 fully saturated rings. The van der Waals surface area contributed by atoms with Gasteiger partial charge in [-0.2, -0.15) is 0 Å². The summed E-state index contributed by atoms with van der Waals surface area (Å²) in [5.41, 5.74) is 18.9. The molecule has 244 valence electrons. The molecule has 1 spiro atoms. The first-order valence-electron chi connectivity index (χ1n) is 18.1. The second-order valence-electron chi connectivity index (χ2n) is 14.2. The van der Waals surface area contributed by atoms with E-state index in [0.29, 0.717) is 0 Å². The Morgan fingerprint density at radius 1 is 0.288 bits per heavy atom. The number of benzene rings is 8. The first-order chi connectivity index (χ1) is 25.7. The van der Waals surface area contributed by atoms with Crippen LogP contribution < -0.4 is 10.9 Å². The Morgan fingerprint density at radius 3 is 1.00 bits per heavy atom. The summed E-state index contributed by atoms with van der Waals surface area (Å²) in [6.45, 7) is 0. The van der Waals surface area contributed by atoms with Crippen molar-refractivity contribution >= 4 is 11.4 Å². The van der Waals surface area contributed by atoms with Crippen LogP contribution in [0.15, 0.2) is 194 Å². The number of fused-ring (bicyclic) bond motifs is 13. The summed E-state index contributed by atoms with van der Waals surface area (Å²) < 4.78 is 0. The van der Waals surface area contributed by atoms with Crippen molar-refractivity contribution in [2.24, 2.45) is 5.84 Å². The van der Waals surface area contributed by atoms with Crippen LogP contribution in [0.5, 0.6) is 0 Å². The van der Waals surface area contributed by atoms with E-state index in [4.69, 9.17) is 5.84 Å². The van der Waals surface area contributed by atoms with Crippen LogP contribution in [-0.2, 0) is 10.8 Å². The molecular weight excluding hydrogens is 629 g/mol. The maximum atomic E-state index is 7.29. The van der Waals surface area contributed by atoms with E-state index < -0.39 is 10.8 Å². The zero-order chi connectivity index (χ0) is 34.4. The summed E-state index contributed by atoms with van der Waals surface area (Å²) >= 11 is 0. The van der Waals surface area contributed by atoms with Gasteiger partial charge in [0.1, 0.15) is 0 Å². The first-order valence-corrected chi connectivity index (χ1v) is 18.1. The average molecular weight is 663 g/mol. The molecule has 2 N–H and O–H groups in total. The van der Waals surface area contributed by atoms with Crippen molar-refractivity contribution in [2.45, 2.75) is 10.8 Å². The molecule has 0 saturated heterocycles. The molecule has 3 aliphatic carbocycles. The van der Waals surface area contributed by atoms with Crippen LogP contribution in [0.3, 0.4) is 0 Å². The van der Waals surface area contributed by atoms with Crippen molar-refractivity contribution in [3.8, 4) is 33.4 Å². The van der Waals surface area contributed by atoms with Gasteiger partial charge >= 0.3 is 0 Å². The normalized spacial score (nSPS) is 14.6. The highest BCUT2D eigenvalue weighted by Gasteiger charge is 2.52. The maximum Gasteiger partial charge on any atom is 0.0726 e. The summed E-state index contributed by atoms with van der Waals surface area (Å²) in [5, 5.41) is 1.88. The zero-order valence-electron chi connectivity index (χ0n) is 28.5. The molecular formula is C50H34N2. The lowest BCUT2D eigenvalue weighted by Crippen LogP contribution is -2.30. The molecule has 3 aliphatic rings. The smallest absolute Gasteiger partial charge is 0.0726 e. The summed E-state index contributed by atoms with van der Waals surface area (Å²) in [5.74, 6) is 7.29. The van der Waals surface area contributed by atoms with Crippen LogP contribution in [0.1, 0.15) is 44.5 Å². The van der Waals surface area contributed by atoms with Gasteiger partial charge in [-0.1, -0.05) is 170 Å². The van der Waals surface area contributed by atoms with Crippen molar-refractivity contribution in [2.75, 3.05) is 5.01 Å². The van der Waals surface area contributed by atoms with Gasteiger partial charge in [0, 0.05) is 0 Å². The molecule has 0 heterocycles. The number of hydrogen-bond donors (Lipinski definition) is 1. The van der Waals surface area contributed by atoms with Crippen molar-refractivity contribution in [3.05, 3.63) is 239 Å². The summed E-state index contributed by atoms with van der Waals surface area (Å²) in [7, 11) is 0. The number of hydrogen-bond acceptors (Lipinski definition) is 2. The maximum absolute atomic E-state index is 7.29. The molecule has 52 heavy (non-hydrogen) atoms. The van der Waals surface area contributed by atoms with E-state index in [-0.39, 0.29) is 0 Å². The van der Waals surface area contributed by atoms with Crippen molar-refractivity contribution in [3.63, 3.8) is 0 Å². The fourth-order valence-electron chi connectivity index (χ4n) is 9.96. The number of rotatable bonds is 4. The van der Waals surface area contributed by atoms with Crippen molar-refractivity contribution < 1.29 is 0 Å². The average Bonchev–Trinajstić information content (AvgIpc) is 3.81. The van der Waals surface area contributed by atoms with Crippen LogP contribution in [0.25, 0.3) is 33.4 Å². The Balaban J connectivity index is 1.12. The highest BCUT2D eigenvalue weighted by atomic mass is 15.4. The van der Waals surface area contributed by atoms with Gasteiger partial charge < -0.3 is 0 Å². The minimum Gasteiger partial charge on any atom is -0.280 e. The minimum absolute atomic E-state index is 0.425. The number of nitrogens with zero attached hydrogens (tertiary/aromatic N) is 1. The molecule has 0 aromatic heterocycles. The largest absolute Gasteiger partial charge is 0.280 e. The van der Waals surface area contributed by atoms with E-state index in [2.05, 4.69) is 194 Å². The molecule has 8 aromatic carbocycles. The van der Waals surface area contributed by atoms with Crippen LogP contribution in [0.2, 0.25) is 0 Å². The van der Waals surface area contributed by atoms with Gasteiger partial charge in [0.05, 0.1) is 22.2 Å². The predicted octanol–water partition coefficient (Wildman–Crippen LogP) is 11.4. The van der Waals surface area contributed by atoms with E-state index >= 15 is 0 Å². The quantitative estimate of drug-likeness (QED) is 0.150. The van der Waals surface area contributed by atoms with E-state index in [0.717, 1.165) is 11.4 Å². The van der Waals surface area contributed by atoms with Crippen molar-refractivity contribution in [1.82, 2.24) is 0 Å². The van der Waals surface area contributed by atoms with Crippen LogP contribution >= 0.6 is 0 Å². The van der Waals surface area contributed by atoms with Gasteiger partial charge in [-0.3, -0.25) is 5.01 Å². The van der Waals surface area contributed by atoms with Gasteiger partial charge in [0.15, 0.2) is 0 Å². The van der Waals surface area contributed by atoms with E-state index in [1.807, 2.05) is 5.01 Å². The third-order valence-corrected chi connectivity index (χ3v) is 12.0. The van der Waals surface area contributed by atoms with E-state index in [1.54, 1.807) is 0 Å². The standard InChI is InChI=1S/C50H34N2/c51-52(35-27-29-41-39-21-7-11-23-43(39)49(47(41)31-35,33-15-3-1-4-16-33)34-17-5-2-6-18-34)36-28-30-42-40-22-10-14-26-46(40)50(48(42)32-36)44-24-12-8-19-37(44)38-20-9-13-25-45(38)50/h1-32H,51H2. The van der Waals surface area contributed by atoms with Crippen molar-refractivity contribution in [1.29, 1.82) is 0 Å².